The molecule has 1 aliphatic heterocycles. The van der Waals surface area contributed by atoms with E-state index in [4.69, 9.17) is 9.47 Å². The second-order valence-corrected chi connectivity index (χ2v) is 11.6. The number of nitrogens with one attached hydrogen (secondary N) is 3. The number of urea groups is 1. The van der Waals surface area contributed by atoms with Crippen LogP contribution >= 0.6 is 0 Å². The molecule has 2 saturated carbocycles. The summed E-state index contributed by atoms with van der Waals surface area (Å²) >= 11 is 0. The van der Waals surface area contributed by atoms with Crippen molar-refractivity contribution in [3.05, 3.63) is 54.6 Å². The summed E-state index contributed by atoms with van der Waals surface area (Å²) in [5.74, 6) is -0.378. The molecule has 2 amide bonds. The minimum Gasteiger partial charge on any atom is -0.481 e. The highest BCUT2D eigenvalue weighted by molar-refractivity contribution is 5.95. The first-order valence-corrected chi connectivity index (χ1v) is 15.2. The number of carboxylic acid groups (broad SMARTS) is 1. The van der Waals surface area contributed by atoms with Crippen molar-refractivity contribution in [2.75, 3.05) is 25.0 Å². The van der Waals surface area contributed by atoms with Crippen molar-refractivity contribution >= 4 is 35.1 Å². The van der Waals surface area contributed by atoms with Gasteiger partial charge in [-0.2, -0.15) is 0 Å². The zero-order chi connectivity index (χ0) is 29.8. The fourth-order valence-corrected chi connectivity index (χ4v) is 6.81. The topological polar surface area (TPSA) is 153 Å². The molecule has 6 unspecified atom stereocenters. The van der Waals surface area contributed by atoms with E-state index < -0.39 is 12.3 Å². The maximum atomic E-state index is 12.2. The first-order valence-electron chi connectivity index (χ1n) is 15.2. The summed E-state index contributed by atoms with van der Waals surface area (Å²) in [4.78, 5) is 37.3. The second kappa shape index (κ2) is 13.2. The van der Waals surface area contributed by atoms with Gasteiger partial charge in [0.05, 0.1) is 24.4 Å². The number of anilines is 1. The molecule has 2 aromatic heterocycles. The number of hydrogen-bond donors (Lipinski definition) is 4. The predicted octanol–water partition coefficient (Wildman–Crippen LogP) is 3.83. The number of carbonyl (C=O) groups is 2. The third-order valence-electron chi connectivity index (χ3n) is 8.86. The average molecular weight is 590 g/mol. The Bertz CT molecular complexity index is 1450. The van der Waals surface area contributed by atoms with Gasteiger partial charge in [-0.1, -0.05) is 49.2 Å². The van der Waals surface area contributed by atoms with Crippen molar-refractivity contribution in [2.45, 2.75) is 63.6 Å². The molecule has 0 radical (unpaired) electrons. The average Bonchev–Trinajstić information content (AvgIpc) is 3.72. The number of rotatable bonds is 10. The van der Waals surface area contributed by atoms with E-state index in [1.165, 1.54) is 6.33 Å². The van der Waals surface area contributed by atoms with Gasteiger partial charge >= 0.3 is 12.0 Å². The highest BCUT2D eigenvalue weighted by Gasteiger charge is 2.51. The Morgan fingerprint density at radius 2 is 1.84 bits per heavy atom. The van der Waals surface area contributed by atoms with Gasteiger partial charge in [-0.3, -0.25) is 10.1 Å². The lowest BCUT2D eigenvalue weighted by molar-refractivity contribution is -0.144. The number of benzene rings is 1. The second-order valence-electron chi connectivity index (χ2n) is 11.6. The van der Waals surface area contributed by atoms with Crippen LogP contribution in [0, 0.1) is 17.8 Å². The lowest BCUT2D eigenvalue weighted by Crippen LogP contribution is -2.38. The van der Waals surface area contributed by atoms with Gasteiger partial charge in [0.25, 0.3) is 0 Å². The molecular weight excluding hydrogens is 550 g/mol. The highest BCUT2D eigenvalue weighted by atomic mass is 16.7. The van der Waals surface area contributed by atoms with Gasteiger partial charge in [-0.15, -0.1) is 0 Å². The summed E-state index contributed by atoms with van der Waals surface area (Å²) in [5, 5.41) is 18.8. The van der Waals surface area contributed by atoms with Crippen LogP contribution in [0.2, 0.25) is 0 Å². The normalized spacial score (nSPS) is 28.7. The lowest BCUT2D eigenvalue weighted by Gasteiger charge is -2.29. The van der Waals surface area contributed by atoms with Crippen molar-refractivity contribution in [3.63, 3.8) is 0 Å². The number of carbonyl (C=O) groups excluding carboxylic acids is 1. The molecule has 12 heteroatoms. The number of aromatic nitrogens is 4. The Balaban J connectivity index is 1.21. The SMILES string of the molecule is CCNC(=O)Nc1ncnc2c1ncn2C1CC(CNCC2CCCCC2C(=O)O)C2O[C@H](/C=C/c3ccccc3)OC21. The number of fused-ring (bicyclic) bond motifs is 2. The maximum absolute atomic E-state index is 12.2. The molecule has 0 spiro atoms. The summed E-state index contributed by atoms with van der Waals surface area (Å²) in [6, 6.07) is 9.56. The summed E-state index contributed by atoms with van der Waals surface area (Å²) in [7, 11) is 0. The number of carboxylic acids is 1. The molecule has 228 valence electrons. The van der Waals surface area contributed by atoms with Gasteiger partial charge in [-0.25, -0.2) is 19.7 Å². The van der Waals surface area contributed by atoms with Gasteiger partial charge in [0.2, 0.25) is 0 Å². The van der Waals surface area contributed by atoms with Gasteiger partial charge in [0.1, 0.15) is 12.4 Å². The van der Waals surface area contributed by atoms with Gasteiger partial charge in [0, 0.05) is 19.0 Å². The number of imidazole rings is 1. The Hall–Kier alpha value is -3.87. The van der Waals surface area contributed by atoms with Crippen LogP contribution in [0.4, 0.5) is 10.6 Å². The van der Waals surface area contributed by atoms with Crippen LogP contribution in [-0.2, 0) is 14.3 Å². The monoisotopic (exact) mass is 589 g/mol. The Kier molecular flexibility index (Phi) is 8.96. The van der Waals surface area contributed by atoms with Crippen LogP contribution in [-0.4, -0.2) is 74.8 Å². The minimum atomic E-state index is -0.692. The van der Waals surface area contributed by atoms with Crippen molar-refractivity contribution in [3.8, 4) is 0 Å². The molecule has 3 fully saturated rings. The van der Waals surface area contributed by atoms with Crippen LogP contribution in [0.5, 0.6) is 0 Å². The van der Waals surface area contributed by atoms with Gasteiger partial charge in [0.15, 0.2) is 23.3 Å². The first kappa shape index (κ1) is 29.2. The lowest BCUT2D eigenvalue weighted by atomic mass is 9.79. The summed E-state index contributed by atoms with van der Waals surface area (Å²) in [5.41, 5.74) is 2.17. The molecule has 2 aliphatic carbocycles. The largest absolute Gasteiger partial charge is 0.481 e. The maximum Gasteiger partial charge on any atom is 0.320 e. The fraction of sp³-hybridized carbons (Fsp3) is 0.516. The summed E-state index contributed by atoms with van der Waals surface area (Å²) < 4.78 is 15.0. The first-order chi connectivity index (χ1) is 21.0. The third-order valence-corrected chi connectivity index (χ3v) is 8.86. The number of nitrogens with zero attached hydrogens (tertiary/aromatic N) is 4. The smallest absolute Gasteiger partial charge is 0.320 e. The van der Waals surface area contributed by atoms with Crippen LogP contribution in [0.1, 0.15) is 50.6 Å². The van der Waals surface area contributed by atoms with E-state index in [1.54, 1.807) is 6.33 Å². The van der Waals surface area contributed by atoms with E-state index >= 15 is 0 Å². The molecule has 7 atom stereocenters. The minimum absolute atomic E-state index is 0.106. The van der Waals surface area contributed by atoms with Crippen LogP contribution in [0.25, 0.3) is 17.2 Å². The fourth-order valence-electron chi connectivity index (χ4n) is 6.81. The van der Waals surface area contributed by atoms with Gasteiger partial charge in [-0.05, 0) is 50.3 Å². The molecule has 1 aromatic carbocycles. The summed E-state index contributed by atoms with van der Waals surface area (Å²) in [6.07, 6.45) is 10.7. The number of aliphatic carboxylic acids is 1. The Morgan fingerprint density at radius 1 is 1.05 bits per heavy atom. The molecule has 12 nitrogen and oxygen atoms in total. The van der Waals surface area contributed by atoms with Crippen molar-refractivity contribution in [1.82, 2.24) is 30.2 Å². The molecule has 0 bridgehead atoms. The zero-order valence-electron chi connectivity index (χ0n) is 24.3. The quantitative estimate of drug-likeness (QED) is 0.276. The molecule has 3 aromatic rings. The van der Waals surface area contributed by atoms with Crippen LogP contribution in [0.15, 0.2) is 49.1 Å². The number of ether oxygens (including phenoxy) is 2. The third kappa shape index (κ3) is 6.41. The molecule has 1 saturated heterocycles. The molecular formula is C31H39N7O5. The van der Waals surface area contributed by atoms with E-state index in [-0.39, 0.29) is 42.0 Å². The number of amides is 2. The van der Waals surface area contributed by atoms with Crippen LogP contribution < -0.4 is 16.0 Å². The van der Waals surface area contributed by atoms with E-state index in [2.05, 4.69) is 30.9 Å². The molecule has 3 heterocycles. The molecule has 43 heavy (non-hydrogen) atoms. The Morgan fingerprint density at radius 3 is 2.65 bits per heavy atom. The number of hydrogen-bond acceptors (Lipinski definition) is 8. The highest BCUT2D eigenvalue weighted by Crippen LogP contribution is 2.45. The summed E-state index contributed by atoms with van der Waals surface area (Å²) in [6.45, 7) is 3.69. The molecule has 3 aliphatic rings. The van der Waals surface area contributed by atoms with E-state index in [9.17, 15) is 14.7 Å². The molecule has 4 N–H and O–H groups in total. The van der Waals surface area contributed by atoms with E-state index in [1.807, 2.05) is 54.0 Å². The van der Waals surface area contributed by atoms with Crippen molar-refractivity contribution < 1.29 is 24.2 Å². The zero-order valence-corrected chi connectivity index (χ0v) is 24.3. The van der Waals surface area contributed by atoms with E-state index in [0.717, 1.165) is 37.7 Å². The van der Waals surface area contributed by atoms with Crippen LogP contribution in [0.3, 0.4) is 0 Å². The van der Waals surface area contributed by atoms with Crippen molar-refractivity contribution in [2.24, 2.45) is 17.8 Å². The van der Waals surface area contributed by atoms with E-state index in [0.29, 0.717) is 36.6 Å². The standard InChI is InChI=1S/C31H39N7O5/c1-2-33-31(41)37-28-25-29(35-17-34-28)38(18-36-25)23-14-21(16-32-15-20-10-6-7-11-22(20)30(39)40)26-27(23)43-24(42-26)13-12-19-8-4-3-5-9-19/h3-5,8-9,12-13,17-18,20-24,26-27,32H,2,6-7,10-11,14-16H2,1H3,(H,39,40)(H2,33,34,35,37,41)/b13-12+/t20?,21?,22?,23?,24-,26?,27?/m0/s1. The predicted molar refractivity (Wildman–Crippen MR) is 160 cm³/mol. The van der Waals surface area contributed by atoms with Gasteiger partial charge < -0.3 is 29.8 Å². The van der Waals surface area contributed by atoms with Crippen molar-refractivity contribution in [1.29, 1.82) is 0 Å². The molecule has 6 rings (SSSR count). The Labute approximate surface area is 250 Å².